The third-order valence-electron chi connectivity index (χ3n) is 2.22. The second-order valence-corrected chi connectivity index (χ2v) is 5.59. The van der Waals surface area contributed by atoms with Gasteiger partial charge >= 0.3 is 0 Å². The molecule has 0 saturated heterocycles. The summed E-state index contributed by atoms with van der Waals surface area (Å²) in [7, 11) is -0.795. The lowest BCUT2D eigenvalue weighted by Gasteiger charge is -2.07. The maximum atomic E-state index is 10.9. The van der Waals surface area contributed by atoms with E-state index in [4.69, 9.17) is 17.3 Å². The fraction of sp³-hybridized carbons (Fsp3) is 0.364. The van der Waals surface area contributed by atoms with Crippen LogP contribution in [-0.4, -0.2) is 28.7 Å². The van der Waals surface area contributed by atoms with Gasteiger partial charge in [0.1, 0.15) is 0 Å². The first kappa shape index (κ1) is 14.2. The number of hydrogen-bond acceptors (Lipinski definition) is 3. The molecule has 0 fully saturated rings. The van der Waals surface area contributed by atoms with Crippen molar-refractivity contribution in [3.05, 3.63) is 34.3 Å². The van der Waals surface area contributed by atoms with E-state index in [-0.39, 0.29) is 0 Å². The van der Waals surface area contributed by atoms with Crippen LogP contribution >= 0.6 is 11.6 Å². The van der Waals surface area contributed by atoms with Crippen molar-refractivity contribution in [2.75, 3.05) is 18.6 Å². The summed E-state index contributed by atoms with van der Waals surface area (Å²) in [5.41, 5.74) is 6.42. The molecule has 6 heteroatoms. The van der Waals surface area contributed by atoms with Gasteiger partial charge in [0.05, 0.1) is 0 Å². The van der Waals surface area contributed by atoms with Gasteiger partial charge in [-0.25, -0.2) is 0 Å². The van der Waals surface area contributed by atoms with Crippen molar-refractivity contribution < 1.29 is 9.00 Å². The Bertz CT molecular complexity index is 437. The molecular formula is C11H15ClN2O2S. The molecule has 0 saturated carbocycles. The molecule has 0 aliphatic rings. The van der Waals surface area contributed by atoms with Gasteiger partial charge in [0, 0.05) is 46.5 Å². The molecule has 0 aromatic heterocycles. The minimum absolute atomic E-state index is 0.397. The SMILES string of the molecule is CS(=O)CCNCc1ccc(C(N)=O)cc1Cl. The molecule has 3 N–H and O–H groups in total. The van der Waals surface area contributed by atoms with Gasteiger partial charge in [0.25, 0.3) is 0 Å². The Morgan fingerprint density at radius 1 is 1.53 bits per heavy atom. The Balaban J connectivity index is 2.54. The third-order valence-corrected chi connectivity index (χ3v) is 3.35. The molecule has 0 aliphatic heterocycles. The van der Waals surface area contributed by atoms with Crippen molar-refractivity contribution in [1.82, 2.24) is 5.32 Å². The zero-order valence-electron chi connectivity index (χ0n) is 9.53. The average molecular weight is 275 g/mol. The van der Waals surface area contributed by atoms with Gasteiger partial charge in [-0.05, 0) is 17.7 Å². The number of halogens is 1. The Kier molecular flexibility index (Phi) is 5.61. The number of rotatable bonds is 6. The molecule has 1 aromatic rings. The quantitative estimate of drug-likeness (QED) is 0.758. The molecule has 0 spiro atoms. The zero-order valence-corrected chi connectivity index (χ0v) is 11.1. The molecule has 0 aliphatic carbocycles. The van der Waals surface area contributed by atoms with E-state index >= 15 is 0 Å². The van der Waals surface area contributed by atoms with E-state index in [1.807, 2.05) is 0 Å². The first-order valence-electron chi connectivity index (χ1n) is 5.09. The normalized spacial score (nSPS) is 12.4. The number of carbonyl (C=O) groups excluding carboxylic acids is 1. The van der Waals surface area contributed by atoms with Gasteiger partial charge < -0.3 is 11.1 Å². The molecule has 0 bridgehead atoms. The van der Waals surface area contributed by atoms with Crippen LogP contribution in [-0.2, 0) is 17.3 Å². The maximum Gasteiger partial charge on any atom is 0.248 e. The summed E-state index contributed by atoms with van der Waals surface area (Å²) in [6, 6.07) is 4.96. The van der Waals surface area contributed by atoms with Crippen LogP contribution in [0.2, 0.25) is 5.02 Å². The second kappa shape index (κ2) is 6.74. The molecular weight excluding hydrogens is 260 g/mol. The molecule has 1 rings (SSSR count). The highest BCUT2D eigenvalue weighted by Gasteiger charge is 2.05. The van der Waals surface area contributed by atoms with E-state index in [1.165, 1.54) is 0 Å². The van der Waals surface area contributed by atoms with Gasteiger partial charge in [-0.1, -0.05) is 17.7 Å². The zero-order chi connectivity index (χ0) is 12.8. The summed E-state index contributed by atoms with van der Waals surface area (Å²) in [5, 5.41) is 3.63. The minimum atomic E-state index is -0.795. The molecule has 1 aromatic carbocycles. The van der Waals surface area contributed by atoms with Crippen molar-refractivity contribution >= 4 is 28.3 Å². The lowest BCUT2D eigenvalue weighted by Crippen LogP contribution is -2.20. The van der Waals surface area contributed by atoms with E-state index < -0.39 is 16.7 Å². The summed E-state index contributed by atoms with van der Waals surface area (Å²) in [5.74, 6) is 0.115. The minimum Gasteiger partial charge on any atom is -0.366 e. The van der Waals surface area contributed by atoms with E-state index in [2.05, 4.69) is 5.32 Å². The Morgan fingerprint density at radius 2 is 2.24 bits per heavy atom. The molecule has 1 unspecified atom stereocenters. The average Bonchev–Trinajstić information content (AvgIpc) is 2.25. The van der Waals surface area contributed by atoms with Crippen molar-refractivity contribution in [2.45, 2.75) is 6.54 Å². The monoisotopic (exact) mass is 274 g/mol. The molecule has 0 radical (unpaired) electrons. The molecule has 94 valence electrons. The van der Waals surface area contributed by atoms with E-state index in [9.17, 15) is 9.00 Å². The summed E-state index contributed by atoms with van der Waals surface area (Å²) in [6.45, 7) is 1.24. The van der Waals surface area contributed by atoms with Crippen LogP contribution in [0.25, 0.3) is 0 Å². The number of hydrogen-bond donors (Lipinski definition) is 2. The first-order valence-corrected chi connectivity index (χ1v) is 7.20. The van der Waals surface area contributed by atoms with Crippen LogP contribution in [0.4, 0.5) is 0 Å². The number of nitrogens with one attached hydrogen (secondary N) is 1. The highest BCUT2D eigenvalue weighted by molar-refractivity contribution is 7.84. The number of nitrogens with two attached hydrogens (primary N) is 1. The fourth-order valence-corrected chi connectivity index (χ4v) is 1.96. The lowest BCUT2D eigenvalue weighted by atomic mass is 10.1. The largest absolute Gasteiger partial charge is 0.366 e. The highest BCUT2D eigenvalue weighted by atomic mass is 35.5. The predicted molar refractivity (Wildman–Crippen MR) is 70.6 cm³/mol. The lowest BCUT2D eigenvalue weighted by molar-refractivity contribution is 0.100. The summed E-state index contributed by atoms with van der Waals surface area (Å²) >= 11 is 6.01. The van der Waals surface area contributed by atoms with Crippen molar-refractivity contribution in [1.29, 1.82) is 0 Å². The van der Waals surface area contributed by atoms with Crippen LogP contribution in [0.15, 0.2) is 18.2 Å². The van der Waals surface area contributed by atoms with Crippen molar-refractivity contribution in [3.63, 3.8) is 0 Å². The maximum absolute atomic E-state index is 10.9. The van der Waals surface area contributed by atoms with Crippen molar-refractivity contribution in [3.8, 4) is 0 Å². The first-order chi connectivity index (χ1) is 8.00. The summed E-state index contributed by atoms with van der Waals surface area (Å²) in [6.07, 6.45) is 1.66. The van der Waals surface area contributed by atoms with Gasteiger partial charge in [0.2, 0.25) is 5.91 Å². The number of benzene rings is 1. The van der Waals surface area contributed by atoms with Gasteiger partial charge in [-0.3, -0.25) is 9.00 Å². The number of primary amides is 1. The topological polar surface area (TPSA) is 72.2 Å². The van der Waals surface area contributed by atoms with E-state index in [0.29, 0.717) is 29.4 Å². The van der Waals surface area contributed by atoms with E-state index in [1.54, 1.807) is 24.5 Å². The summed E-state index contributed by atoms with van der Waals surface area (Å²) in [4.78, 5) is 10.9. The highest BCUT2D eigenvalue weighted by Crippen LogP contribution is 2.17. The fourth-order valence-electron chi connectivity index (χ4n) is 1.28. The predicted octanol–water partition coefficient (Wildman–Crippen LogP) is 0.907. The number of carbonyl (C=O) groups is 1. The van der Waals surface area contributed by atoms with Crippen LogP contribution < -0.4 is 11.1 Å². The Morgan fingerprint density at radius 3 is 2.76 bits per heavy atom. The molecule has 4 nitrogen and oxygen atoms in total. The van der Waals surface area contributed by atoms with Crippen LogP contribution in [0.5, 0.6) is 0 Å². The standard InChI is InChI=1S/C11H15ClN2O2S/c1-17(16)5-4-14-7-9-3-2-8(11(13)15)6-10(9)12/h2-3,6,14H,4-5,7H2,1H3,(H2,13,15). The van der Waals surface area contributed by atoms with Gasteiger partial charge in [-0.15, -0.1) is 0 Å². The number of amides is 1. The Labute approximate surface area is 108 Å². The smallest absolute Gasteiger partial charge is 0.248 e. The Hall–Kier alpha value is -0.910. The third kappa shape index (κ3) is 4.85. The molecule has 1 amide bonds. The second-order valence-electron chi connectivity index (χ2n) is 3.62. The molecule has 0 heterocycles. The van der Waals surface area contributed by atoms with Crippen LogP contribution in [0.1, 0.15) is 15.9 Å². The molecule has 17 heavy (non-hydrogen) atoms. The summed E-state index contributed by atoms with van der Waals surface area (Å²) < 4.78 is 10.8. The molecule has 1 atom stereocenters. The van der Waals surface area contributed by atoms with Crippen LogP contribution in [0, 0.1) is 0 Å². The van der Waals surface area contributed by atoms with Crippen LogP contribution in [0.3, 0.4) is 0 Å². The van der Waals surface area contributed by atoms with Gasteiger partial charge in [0.15, 0.2) is 0 Å². The van der Waals surface area contributed by atoms with Gasteiger partial charge in [-0.2, -0.15) is 0 Å². The van der Waals surface area contributed by atoms with E-state index in [0.717, 1.165) is 5.56 Å². The van der Waals surface area contributed by atoms with Crippen molar-refractivity contribution in [2.24, 2.45) is 5.73 Å².